The second-order valence-electron chi connectivity index (χ2n) is 7.87. The number of Topliss-reactive ketones (excluding diaryl/α,β-unsaturated/α-hetero) is 1. The van der Waals surface area contributed by atoms with Gasteiger partial charge in [-0.05, 0) is 42.0 Å². The van der Waals surface area contributed by atoms with Gasteiger partial charge in [0.2, 0.25) is 0 Å². The Hall–Kier alpha value is -1.65. The van der Waals surface area contributed by atoms with Gasteiger partial charge in [-0.25, -0.2) is 0 Å². The summed E-state index contributed by atoms with van der Waals surface area (Å²) in [5.74, 6) is 0.430. The molecule has 0 saturated carbocycles. The molecule has 1 aliphatic carbocycles. The van der Waals surface area contributed by atoms with E-state index in [0.717, 1.165) is 23.3 Å². The first-order valence-corrected chi connectivity index (χ1v) is 8.81. The molecule has 0 radical (unpaired) electrons. The van der Waals surface area contributed by atoms with E-state index in [1.165, 1.54) is 5.57 Å². The van der Waals surface area contributed by atoms with Gasteiger partial charge in [-0.2, -0.15) is 5.10 Å². The molecule has 1 aromatic carbocycles. The Balaban J connectivity index is 1.85. The van der Waals surface area contributed by atoms with Crippen LogP contribution in [0.3, 0.4) is 0 Å². The molecule has 3 atom stereocenters. The summed E-state index contributed by atoms with van der Waals surface area (Å²) in [7, 11) is 0. The van der Waals surface area contributed by atoms with Gasteiger partial charge in [0.1, 0.15) is 6.17 Å². The smallest absolute Gasteiger partial charge is 0.161 e. The van der Waals surface area contributed by atoms with E-state index in [1.54, 1.807) is 0 Å². The number of hydrogen-bond acceptors (Lipinski definition) is 4. The number of ketones is 1. The molecule has 0 fully saturated rings. The molecule has 0 aromatic heterocycles. The van der Waals surface area contributed by atoms with Gasteiger partial charge in [-0.3, -0.25) is 15.5 Å². The normalized spacial score (nSPS) is 31.2. The minimum Gasteiger partial charge on any atom is -0.294 e. The number of nitrogens with zero attached hydrogens (tertiary/aromatic N) is 1. The topological polar surface area (TPSA) is 53.5 Å². The Morgan fingerprint density at radius 1 is 1.21 bits per heavy atom. The average Bonchev–Trinajstić information content (AvgIpc) is 2.87. The van der Waals surface area contributed by atoms with E-state index in [1.807, 2.05) is 31.2 Å². The number of nitrogens with one attached hydrogen (secondary N) is 2. The molecule has 2 aliphatic heterocycles. The van der Waals surface area contributed by atoms with Crippen LogP contribution in [0.1, 0.15) is 45.2 Å². The first-order chi connectivity index (χ1) is 11.4. The molecule has 2 N–H and O–H groups in total. The van der Waals surface area contributed by atoms with Gasteiger partial charge in [0, 0.05) is 22.7 Å². The van der Waals surface area contributed by atoms with E-state index in [9.17, 15) is 4.79 Å². The van der Waals surface area contributed by atoms with E-state index >= 15 is 0 Å². The molecule has 0 amide bonds. The number of hydrazone groups is 1. The van der Waals surface area contributed by atoms with Crippen molar-refractivity contribution in [2.75, 3.05) is 0 Å². The number of halogens is 1. The van der Waals surface area contributed by atoms with Crippen molar-refractivity contribution in [3.05, 3.63) is 46.0 Å². The van der Waals surface area contributed by atoms with Crippen LogP contribution in [0.15, 0.2) is 40.5 Å². The zero-order chi connectivity index (χ0) is 17.1. The highest BCUT2D eigenvalue weighted by atomic mass is 35.5. The van der Waals surface area contributed by atoms with E-state index in [2.05, 4.69) is 29.7 Å². The van der Waals surface area contributed by atoms with E-state index in [0.29, 0.717) is 11.4 Å². The molecule has 4 nitrogen and oxygen atoms in total. The summed E-state index contributed by atoms with van der Waals surface area (Å²) >= 11 is 6.03. The third-order valence-electron chi connectivity index (χ3n) is 5.33. The van der Waals surface area contributed by atoms with Crippen LogP contribution in [0, 0.1) is 11.3 Å². The highest BCUT2D eigenvalue weighted by molar-refractivity contribution is 6.30. The molecule has 0 spiro atoms. The first-order valence-electron chi connectivity index (χ1n) is 8.43. The van der Waals surface area contributed by atoms with Crippen LogP contribution >= 0.6 is 11.6 Å². The molecule has 2 heterocycles. The van der Waals surface area contributed by atoms with Crippen LogP contribution in [0.25, 0.3) is 0 Å². The van der Waals surface area contributed by atoms with Gasteiger partial charge in [-0.15, -0.1) is 0 Å². The first kappa shape index (κ1) is 15.9. The Morgan fingerprint density at radius 3 is 2.62 bits per heavy atom. The molecule has 5 heteroatoms. The standard InChI is InChI=1S/C19H22ClN3O/c1-10-15-13-8-19(2,3)9-14(24)16(13)17(21-18(15)23-22-10)11-4-6-12(20)7-5-11/h4-7,15,17-18,21,23H,8-9H2,1-3H3/t15-,17-,18+/m1/s1. The predicted octanol–water partition coefficient (Wildman–Crippen LogP) is 3.59. The Labute approximate surface area is 147 Å². The number of rotatable bonds is 1. The lowest BCUT2D eigenvalue weighted by Crippen LogP contribution is -2.52. The van der Waals surface area contributed by atoms with Crippen molar-refractivity contribution in [3.63, 3.8) is 0 Å². The Bertz CT molecular complexity index is 763. The SMILES string of the molecule is CC1=NN[C@@H]2N[C@H](c3ccc(Cl)cc3)C3=C(CC(C)(C)CC3=O)[C@@H]12. The third kappa shape index (κ3) is 2.49. The molecule has 24 heavy (non-hydrogen) atoms. The molecule has 4 rings (SSSR count). The third-order valence-corrected chi connectivity index (χ3v) is 5.58. The fourth-order valence-electron chi connectivity index (χ4n) is 4.33. The number of hydrogen-bond donors (Lipinski definition) is 2. The van der Waals surface area contributed by atoms with Crippen LogP contribution in [0.2, 0.25) is 5.02 Å². The second kappa shape index (κ2) is 5.43. The molecular weight excluding hydrogens is 322 g/mol. The molecule has 0 bridgehead atoms. The molecular formula is C19H22ClN3O. The van der Waals surface area contributed by atoms with Gasteiger partial charge < -0.3 is 0 Å². The molecule has 126 valence electrons. The minimum absolute atomic E-state index is 0.00518. The van der Waals surface area contributed by atoms with Crippen molar-refractivity contribution in [2.45, 2.75) is 45.8 Å². The fourth-order valence-corrected chi connectivity index (χ4v) is 4.46. The maximum atomic E-state index is 13.0. The van der Waals surface area contributed by atoms with Gasteiger partial charge in [0.15, 0.2) is 5.78 Å². The van der Waals surface area contributed by atoms with Crippen LogP contribution in [0.5, 0.6) is 0 Å². The van der Waals surface area contributed by atoms with Crippen molar-refractivity contribution in [2.24, 2.45) is 16.4 Å². The van der Waals surface area contributed by atoms with Gasteiger partial charge in [-0.1, -0.05) is 37.6 Å². The van der Waals surface area contributed by atoms with Crippen LogP contribution in [0.4, 0.5) is 0 Å². The van der Waals surface area contributed by atoms with Gasteiger partial charge >= 0.3 is 0 Å². The number of benzene rings is 1. The summed E-state index contributed by atoms with van der Waals surface area (Å²) in [6.45, 7) is 6.40. The van der Waals surface area contributed by atoms with Crippen molar-refractivity contribution < 1.29 is 4.79 Å². The highest BCUT2D eigenvalue weighted by Crippen LogP contribution is 2.47. The zero-order valence-corrected chi connectivity index (χ0v) is 14.9. The number of carbonyl (C=O) groups excluding carboxylic acids is 1. The number of carbonyl (C=O) groups is 1. The largest absolute Gasteiger partial charge is 0.294 e. The van der Waals surface area contributed by atoms with E-state index in [-0.39, 0.29) is 29.3 Å². The lowest BCUT2D eigenvalue weighted by Gasteiger charge is -2.43. The summed E-state index contributed by atoms with van der Waals surface area (Å²) in [5, 5.41) is 8.72. The van der Waals surface area contributed by atoms with Crippen molar-refractivity contribution in [1.29, 1.82) is 0 Å². The highest BCUT2D eigenvalue weighted by Gasteiger charge is 2.47. The zero-order valence-electron chi connectivity index (χ0n) is 14.2. The van der Waals surface area contributed by atoms with Crippen molar-refractivity contribution in [3.8, 4) is 0 Å². The van der Waals surface area contributed by atoms with Crippen molar-refractivity contribution in [1.82, 2.24) is 10.7 Å². The average molecular weight is 344 g/mol. The quantitative estimate of drug-likeness (QED) is 0.819. The minimum atomic E-state index is -0.101. The van der Waals surface area contributed by atoms with Gasteiger partial charge in [0.25, 0.3) is 0 Å². The van der Waals surface area contributed by atoms with Crippen molar-refractivity contribution >= 4 is 23.1 Å². The lowest BCUT2D eigenvalue weighted by molar-refractivity contribution is -0.118. The summed E-state index contributed by atoms with van der Waals surface area (Å²) in [6.07, 6.45) is 1.58. The monoisotopic (exact) mass is 343 g/mol. The number of fused-ring (bicyclic) bond motifs is 2. The van der Waals surface area contributed by atoms with E-state index < -0.39 is 0 Å². The lowest BCUT2D eigenvalue weighted by atomic mass is 9.66. The molecule has 3 aliphatic rings. The maximum Gasteiger partial charge on any atom is 0.161 e. The van der Waals surface area contributed by atoms with E-state index in [4.69, 9.17) is 11.6 Å². The second-order valence-corrected chi connectivity index (χ2v) is 8.31. The summed E-state index contributed by atoms with van der Waals surface area (Å²) in [5.41, 5.74) is 7.53. The summed E-state index contributed by atoms with van der Waals surface area (Å²) in [6, 6.07) is 7.66. The molecule has 1 aromatic rings. The van der Waals surface area contributed by atoms with Crippen LogP contribution < -0.4 is 10.7 Å². The Morgan fingerprint density at radius 2 is 1.92 bits per heavy atom. The van der Waals surface area contributed by atoms with Crippen LogP contribution in [-0.2, 0) is 4.79 Å². The molecule has 0 unspecified atom stereocenters. The van der Waals surface area contributed by atoms with Gasteiger partial charge in [0.05, 0.1) is 12.0 Å². The summed E-state index contributed by atoms with van der Waals surface area (Å²) in [4.78, 5) is 13.0. The Kier molecular flexibility index (Phi) is 3.59. The summed E-state index contributed by atoms with van der Waals surface area (Å²) < 4.78 is 0. The predicted molar refractivity (Wildman–Crippen MR) is 95.9 cm³/mol. The fraction of sp³-hybridized carbons (Fsp3) is 0.474. The molecule has 0 saturated heterocycles. The maximum absolute atomic E-state index is 13.0. The van der Waals surface area contributed by atoms with Crippen LogP contribution in [-0.4, -0.2) is 17.7 Å².